The molecule has 0 aliphatic heterocycles. The van der Waals surface area contributed by atoms with Gasteiger partial charge in [0.25, 0.3) is 0 Å². The van der Waals surface area contributed by atoms with Crippen molar-refractivity contribution in [1.82, 2.24) is 0 Å². The number of halogens is 51. The minimum absolute atomic E-state index is 0.0534. The molecule has 0 fully saturated rings. The number of hydrogen-bond donors (Lipinski definition) is 0. The van der Waals surface area contributed by atoms with E-state index in [9.17, 15) is 154 Å². The van der Waals surface area contributed by atoms with E-state index in [0.717, 1.165) is 0 Å². The molecular weight excluding hydrogens is 2070 g/mol. The second-order valence-electron chi connectivity index (χ2n) is 31.1. The summed E-state index contributed by atoms with van der Waals surface area (Å²) in [5.74, 6) is -196. The number of rotatable bonds is 45. The monoisotopic (exact) mass is 2120 g/mol. The molecule has 0 radical (unpaired) electrons. The molecule has 5 aromatic rings. The van der Waals surface area contributed by atoms with Gasteiger partial charge in [-0.1, -0.05) is 97.1 Å². The van der Waals surface area contributed by atoms with Crippen LogP contribution < -0.4 is 14.2 Å². The Morgan fingerprint density at radius 1 is 0.290 bits per heavy atom. The molecule has 5 aromatic carbocycles. The summed E-state index contributed by atoms with van der Waals surface area (Å²) in [5, 5.41) is 0. The maximum Gasteiger partial charge on any atom is 0.500 e. The molecular formula is C77H57F51O9Si. The van der Waals surface area contributed by atoms with Crippen molar-refractivity contribution in [2.24, 2.45) is 0 Å². The Balaban J connectivity index is 1.31. The normalized spacial score (nSPS) is 18.8. The van der Waals surface area contributed by atoms with Gasteiger partial charge in [0.15, 0.2) is 11.5 Å². The van der Waals surface area contributed by atoms with Crippen LogP contribution in [0.5, 0.6) is 17.2 Å². The zero-order valence-electron chi connectivity index (χ0n) is 67.9. The Morgan fingerprint density at radius 3 is 0.783 bits per heavy atom. The van der Waals surface area contributed by atoms with Crippen LogP contribution in [0.15, 0.2) is 109 Å². The smallest absolute Gasteiger partial charge is 0.490 e. The summed E-state index contributed by atoms with van der Waals surface area (Å²) in [4.78, 5) is 32.5. The van der Waals surface area contributed by atoms with Crippen LogP contribution in [0.4, 0.5) is 224 Å². The predicted octanol–water partition coefficient (Wildman–Crippen LogP) is 26.7. The van der Waals surface area contributed by atoms with Crippen molar-refractivity contribution in [2.45, 2.75) is 236 Å². The van der Waals surface area contributed by atoms with Gasteiger partial charge in [0.2, 0.25) is 5.75 Å². The second-order valence-corrected chi connectivity index (χ2v) is 34.1. The van der Waals surface area contributed by atoms with Crippen LogP contribution in [-0.4, -0.2) is 205 Å². The molecule has 6 aliphatic carbocycles. The van der Waals surface area contributed by atoms with Gasteiger partial charge in [-0.05, 0) is 94.3 Å². The summed E-state index contributed by atoms with van der Waals surface area (Å²) in [6, 6.07) is 21.9. The van der Waals surface area contributed by atoms with Gasteiger partial charge in [-0.25, -0.2) is 0 Å². The van der Waals surface area contributed by atoms with Crippen LogP contribution in [0, 0.1) is 0 Å². The Labute approximate surface area is 738 Å². The first kappa shape index (κ1) is 114. The van der Waals surface area contributed by atoms with Crippen LogP contribution in [0.3, 0.4) is 0 Å². The molecule has 0 heterocycles. The summed E-state index contributed by atoms with van der Waals surface area (Å²) in [6.07, 6.45) is -43.6. The highest BCUT2D eigenvalue weighted by Crippen LogP contribution is 2.73. The second kappa shape index (κ2) is 35.9. The fourth-order valence-electron chi connectivity index (χ4n) is 15.6. The number of Topliss-reactive ketones (excluding diaryl/α,β-unsaturated/α-hetero) is 1. The van der Waals surface area contributed by atoms with Gasteiger partial charge in [0, 0.05) is 64.9 Å². The average molecular weight is 2120 g/mol. The number of unbranched alkanes of at least 4 members (excludes halogenated alkanes) is 1. The molecule has 11 rings (SSSR count). The van der Waals surface area contributed by atoms with Crippen LogP contribution in [-0.2, 0) is 45.0 Å². The number of hydrogen-bond acceptors (Lipinski definition) is 9. The highest BCUT2D eigenvalue weighted by molar-refractivity contribution is 6.60. The van der Waals surface area contributed by atoms with Crippen molar-refractivity contribution in [3.05, 3.63) is 159 Å². The van der Waals surface area contributed by atoms with Gasteiger partial charge >= 0.3 is 158 Å². The molecule has 138 heavy (non-hydrogen) atoms. The van der Waals surface area contributed by atoms with Gasteiger partial charge < -0.3 is 32.2 Å². The molecule has 0 spiro atoms. The predicted molar refractivity (Wildman–Crippen MR) is 364 cm³/mol. The number of benzene rings is 5. The van der Waals surface area contributed by atoms with E-state index < -0.39 is 274 Å². The molecule has 0 aromatic heterocycles. The van der Waals surface area contributed by atoms with Gasteiger partial charge in [-0.3, -0.25) is 9.59 Å². The summed E-state index contributed by atoms with van der Waals surface area (Å²) in [7, 11) is 0.464. The van der Waals surface area contributed by atoms with Crippen molar-refractivity contribution in [3.63, 3.8) is 0 Å². The Bertz CT molecular complexity index is 4980. The first-order chi connectivity index (χ1) is 62.0. The maximum absolute atomic E-state index is 16.4. The topological polar surface area (TPSA) is 98.8 Å². The molecule has 0 N–H and O–H groups in total. The summed E-state index contributed by atoms with van der Waals surface area (Å²) in [6.45, 7) is -9.21. The Hall–Kier alpha value is -8.83. The third-order valence-electron chi connectivity index (χ3n) is 23.0. The van der Waals surface area contributed by atoms with E-state index in [1.807, 2.05) is 0 Å². The molecule has 4 bridgehead atoms. The van der Waals surface area contributed by atoms with Gasteiger partial charge in [0.1, 0.15) is 17.8 Å². The van der Waals surface area contributed by atoms with E-state index in [1.54, 1.807) is 0 Å². The van der Waals surface area contributed by atoms with Crippen LogP contribution in [0.25, 0.3) is 0 Å². The van der Waals surface area contributed by atoms with Crippen molar-refractivity contribution < 1.29 is 266 Å². The average Bonchev–Trinajstić information content (AvgIpc) is 0.646. The lowest BCUT2D eigenvalue weighted by Gasteiger charge is -2.58. The van der Waals surface area contributed by atoms with Crippen molar-refractivity contribution >= 4 is 20.6 Å². The standard InChI is InChI=1S/C77H57F51O9Si/c1-131-138(132-2,133-3)32-13-12-25-47(129)55-41-21-8-4-17-37(41)49(38-18-5-9-22-42(38)55)56(43-23-10-6-19-39(43)48(55)40-20-7-11-24-44(40)56)51(130)137-35-36-33-45(134-29-14-26-52(78,79)57(84,85)60(90,91)63(96,97)66(102,103)69(108,109)72(114,115)75(120,121)122)50(136-31-16-28-54(82,83)59(88,89)62(94,95)65(100,101)68(106,107)71(112,113)74(118,119)77(126,127)128)46(34-36)135-30-15-27-53(80,81)58(86,87)61(92,93)64(98,99)67(104,105)70(110,111)73(116,117)76(123,124)125/h4-11,17-24,33-34,48-49H,12-16,25-32,35H2,1-3H3. The number of carbonyl (C=O) groups is 2. The zero-order chi connectivity index (χ0) is 106. The van der Waals surface area contributed by atoms with Crippen LogP contribution in [0.2, 0.25) is 6.04 Å². The highest BCUT2D eigenvalue weighted by atomic mass is 28.4. The number of ketones is 1. The van der Waals surface area contributed by atoms with Crippen LogP contribution in [0.1, 0.15) is 120 Å². The third-order valence-corrected chi connectivity index (χ3v) is 25.8. The van der Waals surface area contributed by atoms with E-state index in [2.05, 4.69) is 0 Å². The van der Waals surface area contributed by atoms with Crippen molar-refractivity contribution in [1.29, 1.82) is 0 Å². The quantitative estimate of drug-likeness (QED) is 0.0163. The molecule has 0 amide bonds. The van der Waals surface area contributed by atoms with E-state index in [0.29, 0.717) is 0 Å². The first-order valence-electron chi connectivity index (χ1n) is 37.9. The van der Waals surface area contributed by atoms with E-state index in [1.165, 1.54) is 118 Å². The molecule has 6 aliphatic rings. The highest BCUT2D eigenvalue weighted by Gasteiger charge is 2.99. The lowest BCUT2D eigenvalue weighted by molar-refractivity contribution is -0.461. The number of alkyl halides is 51. The van der Waals surface area contributed by atoms with E-state index >= 15 is 79.8 Å². The first-order valence-corrected chi connectivity index (χ1v) is 39.9. The molecule has 0 saturated heterocycles. The molecule has 0 unspecified atom stereocenters. The van der Waals surface area contributed by atoms with Crippen molar-refractivity contribution in [2.75, 3.05) is 41.2 Å². The zero-order valence-corrected chi connectivity index (χ0v) is 68.9. The fraction of sp³-hybridized carbons (Fsp3) is 0.584. The molecule has 780 valence electrons. The van der Waals surface area contributed by atoms with E-state index in [-0.39, 0.29) is 81.9 Å². The molecule has 9 nitrogen and oxygen atoms in total. The SMILES string of the molecule is CO[Si](CCCCC(=O)C12c3ccccc3C(c3ccccc31)C1(C(=O)OCc3cc(OCCCC(F)(F)C(F)(F)C(F)(F)C(F)(F)C(F)(F)C(F)(F)C(F)(F)C(F)(F)F)c(OCCCC(F)(F)C(F)(F)C(F)(F)C(F)(F)C(F)(F)C(F)(F)C(F)(F)C(F)(F)F)c(OCCCC(F)(F)C(F)(F)C(F)(F)C(F)(F)C(F)(F)C(F)(F)C(F)(F)C(F)(F)F)c3)c3ccccc3C2c2ccccc21)(OC)OC. The van der Waals surface area contributed by atoms with Crippen molar-refractivity contribution in [3.8, 4) is 17.2 Å². The molecule has 61 heteroatoms. The Morgan fingerprint density at radius 2 is 0.522 bits per heavy atom. The lowest BCUT2D eigenvalue weighted by atomic mass is 9.42. The van der Waals surface area contributed by atoms with Gasteiger partial charge in [-0.15, -0.1) is 0 Å². The van der Waals surface area contributed by atoms with Crippen LogP contribution >= 0.6 is 0 Å². The minimum atomic E-state index is -9.31. The third kappa shape index (κ3) is 16.5. The maximum atomic E-state index is 16.4. The van der Waals surface area contributed by atoms with Gasteiger partial charge in [0.05, 0.1) is 25.2 Å². The summed E-state index contributed by atoms with van der Waals surface area (Å²) in [5.41, 5.74) is -5.47. The largest absolute Gasteiger partial charge is 0.500 e. The molecule has 0 atom stereocenters. The summed E-state index contributed by atoms with van der Waals surface area (Å²) < 4.78 is 768. The number of carbonyl (C=O) groups excluding carboxylic acids is 2. The Kier molecular flexibility index (Phi) is 29.8. The summed E-state index contributed by atoms with van der Waals surface area (Å²) >= 11 is 0. The molecule has 0 saturated carbocycles. The number of ether oxygens (including phenoxy) is 4. The van der Waals surface area contributed by atoms with E-state index in [4.69, 9.17) is 32.2 Å². The van der Waals surface area contributed by atoms with Gasteiger partial charge in [-0.2, -0.15) is 224 Å². The fourth-order valence-corrected chi connectivity index (χ4v) is 17.4. The number of esters is 1. The lowest BCUT2D eigenvalue weighted by Crippen LogP contribution is -2.74. The minimum Gasteiger partial charge on any atom is -0.490 e.